The van der Waals surface area contributed by atoms with Crippen molar-refractivity contribution in [3.63, 3.8) is 0 Å². The van der Waals surface area contributed by atoms with Crippen LogP contribution in [0.5, 0.6) is 0 Å². The van der Waals surface area contributed by atoms with Gasteiger partial charge in [-0.15, -0.1) is 11.3 Å². The van der Waals surface area contributed by atoms with Crippen molar-refractivity contribution in [2.75, 3.05) is 6.54 Å². The Morgan fingerprint density at radius 3 is 3.05 bits per heavy atom. The van der Waals surface area contributed by atoms with E-state index in [1.54, 1.807) is 11.3 Å². The van der Waals surface area contributed by atoms with E-state index >= 15 is 0 Å². The van der Waals surface area contributed by atoms with Gasteiger partial charge >= 0.3 is 0 Å². The minimum atomic E-state index is 0.344. The molecule has 0 saturated heterocycles. The summed E-state index contributed by atoms with van der Waals surface area (Å²) < 4.78 is 2.32. The van der Waals surface area contributed by atoms with Crippen LogP contribution in [-0.2, 0) is 6.54 Å². The fourth-order valence-corrected chi connectivity index (χ4v) is 3.11. The molecule has 1 aromatic carbocycles. The molecule has 0 saturated carbocycles. The molecule has 1 atom stereocenters. The summed E-state index contributed by atoms with van der Waals surface area (Å²) >= 11 is 1.71. The number of aryl methyl sites for hydroxylation is 1. The van der Waals surface area contributed by atoms with E-state index in [1.807, 2.05) is 11.6 Å². The van der Waals surface area contributed by atoms with Gasteiger partial charge in [-0.1, -0.05) is 18.2 Å². The third-order valence-electron chi connectivity index (χ3n) is 3.53. The molecule has 4 heteroatoms. The van der Waals surface area contributed by atoms with Crippen molar-refractivity contribution >= 4 is 22.2 Å². The molecule has 3 nitrogen and oxygen atoms in total. The van der Waals surface area contributed by atoms with E-state index in [0.717, 1.165) is 24.5 Å². The van der Waals surface area contributed by atoms with Crippen molar-refractivity contribution in [1.29, 1.82) is 0 Å². The number of hydrogen-bond acceptors (Lipinski definition) is 3. The quantitative estimate of drug-likeness (QED) is 0.697. The van der Waals surface area contributed by atoms with Crippen LogP contribution in [0.3, 0.4) is 0 Å². The van der Waals surface area contributed by atoms with Crippen molar-refractivity contribution < 1.29 is 0 Å². The maximum Gasteiger partial charge on any atom is 0.109 e. The van der Waals surface area contributed by atoms with Gasteiger partial charge in [-0.3, -0.25) is 0 Å². The fraction of sp³-hybridized carbons (Fsp3) is 0.312. The number of para-hydroxylation sites is 1. The number of fused-ring (bicyclic) bond motifs is 1. The zero-order valence-electron chi connectivity index (χ0n) is 11.6. The fourth-order valence-electron chi connectivity index (χ4n) is 2.44. The van der Waals surface area contributed by atoms with Gasteiger partial charge in [-0.25, -0.2) is 4.98 Å². The highest BCUT2D eigenvalue weighted by Gasteiger charge is 2.06. The molecular weight excluding hydrogens is 266 g/mol. The Labute approximate surface area is 123 Å². The standard InChI is InChI=1S/C16H19N3S/c1-13(16-18-9-12-20-16)17-8-4-10-19-11-7-14-5-2-3-6-15(14)19/h2-3,5-7,9,11-13,17H,4,8,10H2,1H3. The molecule has 0 radical (unpaired) electrons. The first-order chi connectivity index (χ1) is 9.84. The molecule has 104 valence electrons. The molecule has 2 heterocycles. The summed E-state index contributed by atoms with van der Waals surface area (Å²) in [4.78, 5) is 4.34. The zero-order chi connectivity index (χ0) is 13.8. The monoisotopic (exact) mass is 285 g/mol. The first kappa shape index (κ1) is 13.3. The van der Waals surface area contributed by atoms with Crippen LogP contribution in [-0.4, -0.2) is 16.1 Å². The molecule has 1 unspecified atom stereocenters. The van der Waals surface area contributed by atoms with Gasteiger partial charge in [0.05, 0.1) is 6.04 Å². The minimum absolute atomic E-state index is 0.344. The molecule has 2 aromatic heterocycles. The van der Waals surface area contributed by atoms with Crippen molar-refractivity contribution in [3.8, 4) is 0 Å². The van der Waals surface area contributed by atoms with Crippen molar-refractivity contribution in [2.45, 2.75) is 25.9 Å². The van der Waals surface area contributed by atoms with Crippen molar-refractivity contribution in [2.24, 2.45) is 0 Å². The third kappa shape index (κ3) is 2.92. The van der Waals surface area contributed by atoms with Gasteiger partial charge in [0.1, 0.15) is 5.01 Å². The summed E-state index contributed by atoms with van der Waals surface area (Å²) in [6.07, 6.45) is 5.16. The average molecular weight is 285 g/mol. The summed E-state index contributed by atoms with van der Waals surface area (Å²) in [7, 11) is 0. The summed E-state index contributed by atoms with van der Waals surface area (Å²) in [6, 6.07) is 11.1. The number of nitrogens with one attached hydrogen (secondary N) is 1. The topological polar surface area (TPSA) is 29.9 Å². The van der Waals surface area contributed by atoms with Crippen LogP contribution in [0.25, 0.3) is 10.9 Å². The van der Waals surface area contributed by atoms with Gasteiger partial charge in [-0.05, 0) is 37.4 Å². The zero-order valence-corrected chi connectivity index (χ0v) is 12.4. The van der Waals surface area contributed by atoms with E-state index in [2.05, 4.69) is 58.3 Å². The maximum absolute atomic E-state index is 4.34. The van der Waals surface area contributed by atoms with E-state index in [1.165, 1.54) is 10.9 Å². The number of hydrogen-bond donors (Lipinski definition) is 1. The van der Waals surface area contributed by atoms with Crippen LogP contribution < -0.4 is 5.32 Å². The predicted molar refractivity (Wildman–Crippen MR) is 85.1 cm³/mol. The smallest absolute Gasteiger partial charge is 0.109 e. The van der Waals surface area contributed by atoms with Crippen molar-refractivity contribution in [3.05, 3.63) is 53.1 Å². The lowest BCUT2D eigenvalue weighted by atomic mass is 10.2. The molecule has 0 spiro atoms. The number of benzene rings is 1. The molecule has 3 rings (SSSR count). The first-order valence-corrected chi connectivity index (χ1v) is 7.89. The van der Waals surface area contributed by atoms with E-state index in [9.17, 15) is 0 Å². The number of thiazole rings is 1. The van der Waals surface area contributed by atoms with E-state index in [0.29, 0.717) is 6.04 Å². The number of rotatable bonds is 6. The first-order valence-electron chi connectivity index (χ1n) is 7.01. The molecule has 0 aliphatic heterocycles. The number of nitrogens with zero attached hydrogens (tertiary/aromatic N) is 2. The Morgan fingerprint density at radius 1 is 1.30 bits per heavy atom. The highest BCUT2D eigenvalue weighted by atomic mass is 32.1. The second-order valence-corrected chi connectivity index (χ2v) is 5.89. The molecule has 0 amide bonds. The second kappa shape index (κ2) is 6.20. The Bertz CT molecular complexity index is 657. The SMILES string of the molecule is CC(NCCCn1ccc2ccccc21)c1nccs1. The number of aromatic nitrogens is 2. The van der Waals surface area contributed by atoms with Crippen molar-refractivity contribution in [1.82, 2.24) is 14.9 Å². The van der Waals surface area contributed by atoms with Crippen LogP contribution in [0.15, 0.2) is 48.1 Å². The minimum Gasteiger partial charge on any atom is -0.347 e. The molecule has 1 N–H and O–H groups in total. The van der Waals surface area contributed by atoms with Gasteiger partial charge in [0.2, 0.25) is 0 Å². The largest absolute Gasteiger partial charge is 0.347 e. The van der Waals surface area contributed by atoms with Gasteiger partial charge < -0.3 is 9.88 Å². The Balaban J connectivity index is 1.50. The van der Waals surface area contributed by atoms with Gasteiger partial charge in [-0.2, -0.15) is 0 Å². The van der Waals surface area contributed by atoms with Gasteiger partial charge in [0.15, 0.2) is 0 Å². The lowest BCUT2D eigenvalue weighted by Crippen LogP contribution is -2.20. The Kier molecular flexibility index (Phi) is 4.14. The maximum atomic E-state index is 4.34. The van der Waals surface area contributed by atoms with E-state index < -0.39 is 0 Å². The normalized spacial score (nSPS) is 12.8. The predicted octanol–water partition coefficient (Wildman–Crippen LogP) is 3.84. The van der Waals surface area contributed by atoms with Crippen LogP contribution >= 0.6 is 11.3 Å². The van der Waals surface area contributed by atoms with Crippen LogP contribution in [0, 0.1) is 0 Å². The summed E-state index contributed by atoms with van der Waals surface area (Å²) in [6.45, 7) is 4.22. The molecule has 0 bridgehead atoms. The molecule has 0 aliphatic rings. The molecule has 20 heavy (non-hydrogen) atoms. The summed E-state index contributed by atoms with van der Waals surface area (Å²) in [5.41, 5.74) is 1.32. The third-order valence-corrected chi connectivity index (χ3v) is 4.49. The van der Waals surface area contributed by atoms with Crippen LogP contribution in [0.2, 0.25) is 0 Å². The lowest BCUT2D eigenvalue weighted by Gasteiger charge is -2.11. The lowest BCUT2D eigenvalue weighted by molar-refractivity contribution is 0.530. The molecular formula is C16H19N3S. The highest BCUT2D eigenvalue weighted by Crippen LogP contribution is 2.16. The van der Waals surface area contributed by atoms with Crippen LogP contribution in [0.1, 0.15) is 24.4 Å². The van der Waals surface area contributed by atoms with E-state index in [-0.39, 0.29) is 0 Å². The van der Waals surface area contributed by atoms with Crippen LogP contribution in [0.4, 0.5) is 0 Å². The highest BCUT2D eigenvalue weighted by molar-refractivity contribution is 7.09. The Morgan fingerprint density at radius 2 is 2.20 bits per heavy atom. The molecule has 0 aliphatic carbocycles. The summed E-state index contributed by atoms with van der Waals surface area (Å²) in [5.74, 6) is 0. The molecule has 0 fully saturated rings. The van der Waals surface area contributed by atoms with E-state index in [4.69, 9.17) is 0 Å². The summed E-state index contributed by atoms with van der Waals surface area (Å²) in [5, 5.41) is 8.04. The van der Waals surface area contributed by atoms with Gasteiger partial charge in [0.25, 0.3) is 0 Å². The Hall–Kier alpha value is -1.65. The molecule has 3 aromatic rings. The van der Waals surface area contributed by atoms with Gasteiger partial charge in [0, 0.05) is 29.8 Å². The second-order valence-electron chi connectivity index (χ2n) is 4.97. The average Bonchev–Trinajstić information content (AvgIpc) is 3.13.